The van der Waals surface area contributed by atoms with Gasteiger partial charge in [0, 0.05) is 17.9 Å². The number of amides is 1. The highest BCUT2D eigenvalue weighted by Gasteiger charge is 2.25. The van der Waals surface area contributed by atoms with Crippen LogP contribution in [0.5, 0.6) is 11.5 Å². The number of nitrogen functional groups attached to an aromatic ring is 1. The third-order valence-corrected chi connectivity index (χ3v) is 3.72. The van der Waals surface area contributed by atoms with E-state index in [9.17, 15) is 4.79 Å². The van der Waals surface area contributed by atoms with Gasteiger partial charge < -0.3 is 20.1 Å². The highest BCUT2D eigenvalue weighted by atomic mass is 16.5. The number of para-hydroxylation sites is 2. The van der Waals surface area contributed by atoms with Crippen molar-refractivity contribution in [1.29, 1.82) is 0 Å². The van der Waals surface area contributed by atoms with Crippen molar-refractivity contribution in [2.24, 2.45) is 0 Å². The number of anilines is 2. The molecule has 1 aliphatic heterocycles. The molecule has 22 heavy (non-hydrogen) atoms. The summed E-state index contributed by atoms with van der Waals surface area (Å²) in [6, 6.07) is 12.9. The number of ether oxygens (including phenoxy) is 2. The molecule has 0 fully saturated rings. The van der Waals surface area contributed by atoms with Crippen LogP contribution < -0.4 is 20.1 Å². The molecule has 2 N–H and O–H groups in total. The molecule has 0 saturated carbocycles. The minimum Gasteiger partial charge on any atom is -0.493 e. The molecule has 1 amide bonds. The molecule has 114 valence electrons. The van der Waals surface area contributed by atoms with Crippen LogP contribution in [0, 0.1) is 0 Å². The van der Waals surface area contributed by atoms with Crippen molar-refractivity contribution >= 4 is 17.3 Å². The highest BCUT2D eigenvalue weighted by molar-refractivity contribution is 5.96. The first-order valence-electron chi connectivity index (χ1n) is 7.13. The Morgan fingerprint density at radius 3 is 2.77 bits per heavy atom. The first kappa shape index (κ1) is 14.3. The summed E-state index contributed by atoms with van der Waals surface area (Å²) in [6.07, 6.45) is 0.820. The largest absolute Gasteiger partial charge is 0.493 e. The predicted molar refractivity (Wildman–Crippen MR) is 85.4 cm³/mol. The second kappa shape index (κ2) is 5.97. The number of hydrogen-bond acceptors (Lipinski definition) is 4. The molecule has 2 aromatic rings. The Balaban J connectivity index is 1.69. The van der Waals surface area contributed by atoms with Gasteiger partial charge in [0.25, 0.3) is 5.91 Å². The van der Waals surface area contributed by atoms with Crippen LogP contribution in [0.25, 0.3) is 0 Å². The normalized spacial score (nSPS) is 12.9. The number of nitrogens with two attached hydrogens (primary N) is 1. The van der Waals surface area contributed by atoms with E-state index in [0.717, 1.165) is 23.4 Å². The molecule has 5 heteroatoms. The summed E-state index contributed by atoms with van der Waals surface area (Å²) >= 11 is 0. The monoisotopic (exact) mass is 298 g/mol. The fourth-order valence-corrected chi connectivity index (χ4v) is 2.64. The van der Waals surface area contributed by atoms with Gasteiger partial charge in [-0.25, -0.2) is 0 Å². The Bertz CT molecular complexity index is 700. The van der Waals surface area contributed by atoms with Crippen LogP contribution in [0.15, 0.2) is 42.5 Å². The van der Waals surface area contributed by atoms with E-state index in [1.54, 1.807) is 24.1 Å². The van der Waals surface area contributed by atoms with Crippen molar-refractivity contribution in [3.05, 3.63) is 48.0 Å². The van der Waals surface area contributed by atoms with E-state index in [4.69, 9.17) is 15.2 Å². The summed E-state index contributed by atoms with van der Waals surface area (Å²) in [5.41, 5.74) is 8.52. The molecule has 0 atom stereocenters. The summed E-state index contributed by atoms with van der Waals surface area (Å²) in [6.45, 7) is 0.636. The number of benzene rings is 2. The lowest BCUT2D eigenvalue weighted by Gasteiger charge is -2.18. The molecule has 1 heterocycles. The van der Waals surface area contributed by atoms with Crippen molar-refractivity contribution in [2.45, 2.75) is 6.42 Å². The number of nitrogens with zero attached hydrogens (tertiary/aromatic N) is 1. The molecule has 0 unspecified atom stereocenters. The molecule has 0 spiro atoms. The van der Waals surface area contributed by atoms with Crippen LogP contribution >= 0.6 is 0 Å². The Labute approximate surface area is 129 Å². The number of carbonyl (C=O) groups excluding carboxylic acids is 1. The third-order valence-electron chi connectivity index (χ3n) is 3.72. The topological polar surface area (TPSA) is 64.8 Å². The maximum Gasteiger partial charge on any atom is 0.264 e. The Morgan fingerprint density at radius 2 is 2.00 bits per heavy atom. The first-order valence-corrected chi connectivity index (χ1v) is 7.13. The first-order chi connectivity index (χ1) is 10.7. The van der Waals surface area contributed by atoms with Crippen molar-refractivity contribution in [3.63, 3.8) is 0 Å². The number of hydrogen-bond donors (Lipinski definition) is 1. The van der Waals surface area contributed by atoms with Gasteiger partial charge in [0.2, 0.25) is 0 Å². The van der Waals surface area contributed by atoms with Gasteiger partial charge in [0.05, 0.1) is 7.11 Å². The van der Waals surface area contributed by atoms with Gasteiger partial charge >= 0.3 is 0 Å². The van der Waals surface area contributed by atoms with E-state index in [-0.39, 0.29) is 12.5 Å². The number of methoxy groups -OCH3 is 1. The molecular formula is C17H18N2O3. The van der Waals surface area contributed by atoms with Gasteiger partial charge in [0.15, 0.2) is 18.1 Å². The molecule has 1 aliphatic rings. The average molecular weight is 298 g/mol. The molecule has 5 nitrogen and oxygen atoms in total. The second-order valence-corrected chi connectivity index (χ2v) is 5.12. The molecule has 0 bridgehead atoms. The Kier molecular flexibility index (Phi) is 3.87. The van der Waals surface area contributed by atoms with Crippen LogP contribution in [-0.2, 0) is 11.2 Å². The van der Waals surface area contributed by atoms with Crippen LogP contribution in [-0.4, -0.2) is 26.2 Å². The minimum absolute atomic E-state index is 0.0236. The quantitative estimate of drug-likeness (QED) is 0.879. The summed E-state index contributed by atoms with van der Waals surface area (Å²) < 4.78 is 10.8. The molecule has 0 aliphatic carbocycles. The van der Waals surface area contributed by atoms with Gasteiger partial charge in [-0.15, -0.1) is 0 Å². The second-order valence-electron chi connectivity index (χ2n) is 5.12. The summed E-state index contributed by atoms with van der Waals surface area (Å²) in [5.74, 6) is 1.11. The van der Waals surface area contributed by atoms with Crippen molar-refractivity contribution in [3.8, 4) is 11.5 Å². The average Bonchev–Trinajstić information content (AvgIpc) is 2.95. The molecule has 3 rings (SSSR count). The smallest absolute Gasteiger partial charge is 0.264 e. The maximum atomic E-state index is 12.4. The van der Waals surface area contributed by atoms with E-state index in [1.165, 1.54) is 0 Å². The van der Waals surface area contributed by atoms with Gasteiger partial charge in [-0.05, 0) is 42.3 Å². The third kappa shape index (κ3) is 2.70. The maximum absolute atomic E-state index is 12.4. The Hall–Kier alpha value is -2.69. The highest BCUT2D eigenvalue weighted by Crippen LogP contribution is 2.30. The summed E-state index contributed by atoms with van der Waals surface area (Å²) in [5, 5.41) is 0. The van der Waals surface area contributed by atoms with E-state index in [0.29, 0.717) is 18.0 Å². The van der Waals surface area contributed by atoms with Crippen LogP contribution in [0.1, 0.15) is 5.56 Å². The van der Waals surface area contributed by atoms with Crippen molar-refractivity contribution < 1.29 is 14.3 Å². The zero-order valence-corrected chi connectivity index (χ0v) is 12.4. The Morgan fingerprint density at radius 1 is 1.23 bits per heavy atom. The van der Waals surface area contributed by atoms with E-state index >= 15 is 0 Å². The van der Waals surface area contributed by atoms with E-state index < -0.39 is 0 Å². The predicted octanol–water partition coefficient (Wildman–Crippen LogP) is 2.25. The lowest BCUT2D eigenvalue weighted by molar-refractivity contribution is -0.120. The van der Waals surface area contributed by atoms with Gasteiger partial charge in [-0.2, -0.15) is 0 Å². The molecule has 0 radical (unpaired) electrons. The summed E-state index contributed by atoms with van der Waals surface area (Å²) in [7, 11) is 1.57. The standard InChI is InChI=1S/C17H18N2O3/c1-21-15-4-2-3-5-16(15)22-11-17(20)19-9-8-12-10-13(18)6-7-14(12)19/h2-7,10H,8-9,11,18H2,1H3. The number of carbonyl (C=O) groups is 1. The lowest BCUT2D eigenvalue weighted by atomic mass is 10.1. The molecular weight excluding hydrogens is 280 g/mol. The molecule has 0 saturated heterocycles. The molecule has 2 aromatic carbocycles. The van der Waals surface area contributed by atoms with E-state index in [1.807, 2.05) is 30.3 Å². The lowest BCUT2D eigenvalue weighted by Crippen LogP contribution is -2.33. The fraction of sp³-hybridized carbons (Fsp3) is 0.235. The number of rotatable bonds is 4. The zero-order valence-electron chi connectivity index (χ0n) is 12.4. The van der Waals surface area contributed by atoms with Crippen LogP contribution in [0.2, 0.25) is 0 Å². The van der Waals surface area contributed by atoms with E-state index in [2.05, 4.69) is 0 Å². The SMILES string of the molecule is COc1ccccc1OCC(=O)N1CCc2cc(N)ccc21. The van der Waals surface area contributed by atoms with Crippen LogP contribution in [0.4, 0.5) is 11.4 Å². The fourth-order valence-electron chi connectivity index (χ4n) is 2.64. The van der Waals surface area contributed by atoms with Gasteiger partial charge in [-0.1, -0.05) is 12.1 Å². The van der Waals surface area contributed by atoms with Gasteiger partial charge in [0.1, 0.15) is 0 Å². The zero-order chi connectivity index (χ0) is 15.5. The number of fused-ring (bicyclic) bond motifs is 1. The van der Waals surface area contributed by atoms with Crippen molar-refractivity contribution in [2.75, 3.05) is 30.9 Å². The minimum atomic E-state index is -0.0746. The molecule has 0 aromatic heterocycles. The van der Waals surface area contributed by atoms with Crippen LogP contribution in [0.3, 0.4) is 0 Å². The van der Waals surface area contributed by atoms with Crippen molar-refractivity contribution in [1.82, 2.24) is 0 Å². The summed E-state index contributed by atoms with van der Waals surface area (Å²) in [4.78, 5) is 14.1. The van der Waals surface area contributed by atoms with Gasteiger partial charge in [-0.3, -0.25) is 4.79 Å².